The van der Waals surface area contributed by atoms with Crippen molar-refractivity contribution in [3.05, 3.63) is 0 Å². The lowest BCUT2D eigenvalue weighted by Gasteiger charge is -2.34. The van der Waals surface area contributed by atoms with E-state index in [1.165, 1.54) is 0 Å². The number of rotatable bonds is 4. The van der Waals surface area contributed by atoms with Gasteiger partial charge in [-0.05, 0) is 12.3 Å². The number of sulfone groups is 1. The first kappa shape index (κ1) is 14.7. The molecule has 2 fully saturated rings. The Hall–Kier alpha value is -0.660. The molecular formula is C12H22N2O4S. The van der Waals surface area contributed by atoms with Crippen molar-refractivity contribution in [1.82, 2.24) is 9.80 Å². The quantitative estimate of drug-likeness (QED) is 0.715. The summed E-state index contributed by atoms with van der Waals surface area (Å²) in [5.41, 5.74) is 0. The first-order valence-electron chi connectivity index (χ1n) is 6.81. The van der Waals surface area contributed by atoms with Crippen molar-refractivity contribution < 1.29 is 18.3 Å². The van der Waals surface area contributed by atoms with Crippen LogP contribution in [0.15, 0.2) is 0 Å². The first-order chi connectivity index (χ1) is 9.00. The molecule has 7 heteroatoms. The second kappa shape index (κ2) is 6.19. The highest BCUT2D eigenvalue weighted by Crippen LogP contribution is 2.22. The average molecular weight is 290 g/mol. The highest BCUT2D eigenvalue weighted by Gasteiger charge is 2.31. The van der Waals surface area contributed by atoms with Gasteiger partial charge in [0.2, 0.25) is 5.91 Å². The van der Waals surface area contributed by atoms with E-state index in [2.05, 4.69) is 4.90 Å². The SMILES string of the molecule is O=C(CC1CCS(=O)(=O)C1)N1CCN(CCO)CC1. The van der Waals surface area contributed by atoms with Crippen molar-refractivity contribution in [3.8, 4) is 0 Å². The van der Waals surface area contributed by atoms with Gasteiger partial charge in [-0.1, -0.05) is 0 Å². The number of carbonyl (C=O) groups excluding carboxylic acids is 1. The summed E-state index contributed by atoms with van der Waals surface area (Å²) in [4.78, 5) is 16.0. The van der Waals surface area contributed by atoms with E-state index in [0.29, 0.717) is 32.5 Å². The van der Waals surface area contributed by atoms with Gasteiger partial charge < -0.3 is 10.0 Å². The summed E-state index contributed by atoms with van der Waals surface area (Å²) in [6, 6.07) is 0. The smallest absolute Gasteiger partial charge is 0.222 e. The molecule has 2 rings (SSSR count). The average Bonchev–Trinajstić information content (AvgIpc) is 2.70. The van der Waals surface area contributed by atoms with E-state index in [4.69, 9.17) is 5.11 Å². The molecule has 1 N–H and O–H groups in total. The lowest BCUT2D eigenvalue weighted by Crippen LogP contribution is -2.49. The third-order valence-corrected chi connectivity index (χ3v) is 5.77. The monoisotopic (exact) mass is 290 g/mol. The summed E-state index contributed by atoms with van der Waals surface area (Å²) >= 11 is 0. The number of β-amino-alcohol motifs (C(OH)–C–C–N with tert-alkyl or cyclic N) is 1. The molecule has 0 spiro atoms. The van der Waals surface area contributed by atoms with Crippen LogP contribution in [-0.2, 0) is 14.6 Å². The summed E-state index contributed by atoms with van der Waals surface area (Å²) in [5, 5.41) is 8.85. The molecule has 1 unspecified atom stereocenters. The van der Waals surface area contributed by atoms with Gasteiger partial charge in [0.25, 0.3) is 0 Å². The zero-order valence-corrected chi connectivity index (χ0v) is 11.9. The van der Waals surface area contributed by atoms with Gasteiger partial charge in [0.05, 0.1) is 18.1 Å². The van der Waals surface area contributed by atoms with Crippen LogP contribution >= 0.6 is 0 Å². The molecule has 2 aliphatic rings. The van der Waals surface area contributed by atoms with Crippen LogP contribution in [0.1, 0.15) is 12.8 Å². The van der Waals surface area contributed by atoms with Crippen molar-refractivity contribution in [1.29, 1.82) is 0 Å². The Morgan fingerprint density at radius 3 is 2.42 bits per heavy atom. The van der Waals surface area contributed by atoms with Crippen LogP contribution in [0.2, 0.25) is 0 Å². The van der Waals surface area contributed by atoms with E-state index in [0.717, 1.165) is 13.1 Å². The Labute approximate surface area is 114 Å². The van der Waals surface area contributed by atoms with Gasteiger partial charge in [0.1, 0.15) is 0 Å². The topological polar surface area (TPSA) is 77.9 Å². The second-order valence-corrected chi connectivity index (χ2v) is 7.65. The van der Waals surface area contributed by atoms with Gasteiger partial charge >= 0.3 is 0 Å². The van der Waals surface area contributed by atoms with Crippen LogP contribution in [0, 0.1) is 5.92 Å². The fraction of sp³-hybridized carbons (Fsp3) is 0.917. The Kier molecular flexibility index (Phi) is 4.81. The Balaban J connectivity index is 1.76. The number of piperazine rings is 1. The van der Waals surface area contributed by atoms with Crippen LogP contribution < -0.4 is 0 Å². The number of amides is 1. The molecule has 0 aliphatic carbocycles. The third-order valence-electron chi connectivity index (χ3n) is 3.93. The van der Waals surface area contributed by atoms with Crippen molar-refractivity contribution >= 4 is 15.7 Å². The maximum absolute atomic E-state index is 12.1. The lowest BCUT2D eigenvalue weighted by molar-refractivity contribution is -0.133. The fourth-order valence-electron chi connectivity index (χ4n) is 2.77. The predicted molar refractivity (Wildman–Crippen MR) is 71.5 cm³/mol. The number of hydrogen-bond donors (Lipinski definition) is 1. The molecule has 1 atom stereocenters. The zero-order valence-electron chi connectivity index (χ0n) is 11.1. The minimum Gasteiger partial charge on any atom is -0.395 e. The Bertz CT molecular complexity index is 415. The Morgan fingerprint density at radius 1 is 1.21 bits per heavy atom. The Morgan fingerprint density at radius 2 is 1.89 bits per heavy atom. The third kappa shape index (κ3) is 4.15. The largest absolute Gasteiger partial charge is 0.395 e. The van der Waals surface area contributed by atoms with Crippen LogP contribution in [-0.4, -0.2) is 80.1 Å². The van der Waals surface area contributed by atoms with E-state index in [-0.39, 0.29) is 29.9 Å². The number of nitrogens with zero attached hydrogens (tertiary/aromatic N) is 2. The lowest BCUT2D eigenvalue weighted by atomic mass is 10.0. The number of hydrogen-bond acceptors (Lipinski definition) is 5. The van der Waals surface area contributed by atoms with Gasteiger partial charge in [-0.25, -0.2) is 8.42 Å². The second-order valence-electron chi connectivity index (χ2n) is 5.42. The van der Waals surface area contributed by atoms with Crippen LogP contribution in [0.5, 0.6) is 0 Å². The summed E-state index contributed by atoms with van der Waals surface area (Å²) in [6.07, 6.45) is 0.984. The standard InChI is InChI=1S/C12H22N2O4S/c15-7-6-13-2-4-14(5-3-13)12(16)9-11-1-8-19(17,18)10-11/h11,15H,1-10H2. The van der Waals surface area contributed by atoms with E-state index in [9.17, 15) is 13.2 Å². The fourth-order valence-corrected chi connectivity index (χ4v) is 4.63. The molecule has 0 aromatic heterocycles. The molecule has 6 nitrogen and oxygen atoms in total. The molecule has 0 aromatic rings. The minimum atomic E-state index is -2.89. The molecule has 0 radical (unpaired) electrons. The van der Waals surface area contributed by atoms with Crippen LogP contribution in [0.4, 0.5) is 0 Å². The van der Waals surface area contributed by atoms with E-state index in [1.54, 1.807) is 0 Å². The van der Waals surface area contributed by atoms with E-state index < -0.39 is 9.84 Å². The van der Waals surface area contributed by atoms with Crippen molar-refractivity contribution in [2.45, 2.75) is 12.8 Å². The molecule has 2 aliphatic heterocycles. The summed E-state index contributed by atoms with van der Waals surface area (Å²) < 4.78 is 22.7. The van der Waals surface area contributed by atoms with Gasteiger partial charge in [-0.3, -0.25) is 9.69 Å². The highest BCUT2D eigenvalue weighted by atomic mass is 32.2. The molecule has 1 amide bonds. The normalized spacial score (nSPS) is 27.6. The summed E-state index contributed by atoms with van der Waals surface area (Å²) in [6.45, 7) is 3.73. The molecular weight excluding hydrogens is 268 g/mol. The first-order valence-corrected chi connectivity index (χ1v) is 8.64. The van der Waals surface area contributed by atoms with Gasteiger partial charge in [0.15, 0.2) is 9.84 Å². The minimum absolute atomic E-state index is 0.00738. The number of carbonyl (C=O) groups is 1. The van der Waals surface area contributed by atoms with Gasteiger partial charge in [0, 0.05) is 39.1 Å². The van der Waals surface area contributed by atoms with Crippen LogP contribution in [0.25, 0.3) is 0 Å². The van der Waals surface area contributed by atoms with Crippen LogP contribution in [0.3, 0.4) is 0 Å². The van der Waals surface area contributed by atoms with Gasteiger partial charge in [-0.2, -0.15) is 0 Å². The summed E-state index contributed by atoms with van der Waals surface area (Å²) in [5.74, 6) is 0.483. The van der Waals surface area contributed by atoms with E-state index in [1.807, 2.05) is 4.90 Å². The summed E-state index contributed by atoms with van der Waals surface area (Å²) in [7, 11) is -2.89. The van der Waals surface area contributed by atoms with Crippen molar-refractivity contribution in [2.75, 3.05) is 50.8 Å². The van der Waals surface area contributed by atoms with Gasteiger partial charge in [-0.15, -0.1) is 0 Å². The maximum Gasteiger partial charge on any atom is 0.222 e. The molecule has 2 heterocycles. The molecule has 0 saturated carbocycles. The maximum atomic E-state index is 12.1. The van der Waals surface area contributed by atoms with Crippen molar-refractivity contribution in [3.63, 3.8) is 0 Å². The molecule has 110 valence electrons. The molecule has 0 aromatic carbocycles. The van der Waals surface area contributed by atoms with E-state index >= 15 is 0 Å². The molecule has 0 bridgehead atoms. The number of aliphatic hydroxyl groups excluding tert-OH is 1. The highest BCUT2D eigenvalue weighted by molar-refractivity contribution is 7.91. The predicted octanol–water partition coefficient (Wildman–Crippen LogP) is -1.05. The number of aliphatic hydroxyl groups is 1. The van der Waals surface area contributed by atoms with Crippen molar-refractivity contribution in [2.24, 2.45) is 5.92 Å². The zero-order chi connectivity index (χ0) is 13.9. The molecule has 2 saturated heterocycles. The molecule has 19 heavy (non-hydrogen) atoms.